The minimum atomic E-state index is 0.946. The number of aryl methyl sites for hydroxylation is 1. The van der Waals surface area contributed by atoms with Gasteiger partial charge in [0.25, 0.3) is 0 Å². The molecule has 3 nitrogen and oxygen atoms in total. The van der Waals surface area contributed by atoms with Gasteiger partial charge >= 0.3 is 0 Å². The third-order valence-corrected chi connectivity index (χ3v) is 3.07. The molecule has 0 spiro atoms. The Labute approximate surface area is 87.3 Å². The van der Waals surface area contributed by atoms with Crippen molar-refractivity contribution in [2.75, 3.05) is 23.9 Å². The van der Waals surface area contributed by atoms with E-state index in [4.69, 9.17) is 0 Å². The molecule has 1 aromatic heterocycles. The van der Waals surface area contributed by atoms with Crippen molar-refractivity contribution in [2.45, 2.75) is 19.8 Å². The molecule has 0 aromatic carbocycles. The molecule has 0 saturated heterocycles. The summed E-state index contributed by atoms with van der Waals surface area (Å²) >= 11 is 3.51. The summed E-state index contributed by atoms with van der Waals surface area (Å²) in [5, 5.41) is 13.1. The van der Waals surface area contributed by atoms with Crippen LogP contribution in [0.3, 0.4) is 0 Å². The fraction of sp³-hybridized carbons (Fsp3) is 0.750. The highest BCUT2D eigenvalue weighted by molar-refractivity contribution is 7.98. The van der Waals surface area contributed by atoms with Gasteiger partial charge in [-0.25, -0.2) is 0 Å². The van der Waals surface area contributed by atoms with Crippen LogP contribution in [-0.4, -0.2) is 28.8 Å². The molecule has 1 N–H and O–H groups in total. The van der Waals surface area contributed by atoms with Crippen molar-refractivity contribution in [1.29, 1.82) is 0 Å². The Balaban J connectivity index is 2.06. The summed E-state index contributed by atoms with van der Waals surface area (Å²) in [5.41, 5.74) is 0. The lowest BCUT2D eigenvalue weighted by molar-refractivity contribution is 0.839. The molecule has 1 rings (SSSR count). The molecule has 13 heavy (non-hydrogen) atoms. The highest BCUT2D eigenvalue weighted by atomic mass is 32.2. The van der Waals surface area contributed by atoms with Crippen LogP contribution in [0.25, 0.3) is 0 Å². The Hall–Kier alpha value is -0.290. The number of nitrogens with zero attached hydrogens (tertiary/aromatic N) is 2. The van der Waals surface area contributed by atoms with Gasteiger partial charge in [0.1, 0.15) is 5.01 Å². The first-order valence-corrected chi connectivity index (χ1v) is 6.57. The highest BCUT2D eigenvalue weighted by Gasteiger charge is 1.97. The van der Waals surface area contributed by atoms with Crippen molar-refractivity contribution in [1.82, 2.24) is 10.2 Å². The zero-order chi connectivity index (χ0) is 9.52. The van der Waals surface area contributed by atoms with E-state index in [0.717, 1.165) is 16.7 Å². The SMILES string of the molecule is CSCCCCNc1nnc(C)s1. The molecule has 0 radical (unpaired) electrons. The monoisotopic (exact) mass is 217 g/mol. The second kappa shape index (κ2) is 6.21. The van der Waals surface area contributed by atoms with E-state index >= 15 is 0 Å². The van der Waals surface area contributed by atoms with Crippen LogP contribution in [0.2, 0.25) is 0 Å². The number of aromatic nitrogens is 2. The van der Waals surface area contributed by atoms with Gasteiger partial charge in [-0.05, 0) is 31.8 Å². The van der Waals surface area contributed by atoms with Crippen LogP contribution in [-0.2, 0) is 0 Å². The van der Waals surface area contributed by atoms with E-state index in [9.17, 15) is 0 Å². The van der Waals surface area contributed by atoms with Gasteiger partial charge in [0, 0.05) is 6.54 Å². The lowest BCUT2D eigenvalue weighted by Gasteiger charge is -2.00. The summed E-state index contributed by atoms with van der Waals surface area (Å²) in [6, 6.07) is 0. The zero-order valence-electron chi connectivity index (χ0n) is 8.04. The number of thioether (sulfide) groups is 1. The first-order valence-electron chi connectivity index (χ1n) is 4.36. The molecule has 0 amide bonds. The minimum Gasteiger partial charge on any atom is -0.360 e. The number of rotatable bonds is 6. The maximum atomic E-state index is 3.99. The summed E-state index contributed by atoms with van der Waals surface area (Å²) < 4.78 is 0. The van der Waals surface area contributed by atoms with Crippen LogP contribution in [0, 0.1) is 6.92 Å². The molecule has 0 saturated carbocycles. The average Bonchev–Trinajstić information content (AvgIpc) is 2.51. The summed E-state index contributed by atoms with van der Waals surface area (Å²) in [7, 11) is 0. The average molecular weight is 217 g/mol. The molecule has 0 fully saturated rings. The number of hydrogen-bond donors (Lipinski definition) is 1. The molecule has 0 aliphatic carbocycles. The maximum Gasteiger partial charge on any atom is 0.205 e. The smallest absolute Gasteiger partial charge is 0.205 e. The molecule has 0 bridgehead atoms. The van der Waals surface area contributed by atoms with E-state index in [1.807, 2.05) is 18.7 Å². The standard InChI is InChI=1S/C8H15N3S2/c1-7-10-11-8(13-7)9-5-3-4-6-12-2/h3-6H2,1-2H3,(H,9,11). The quantitative estimate of drug-likeness (QED) is 0.743. The topological polar surface area (TPSA) is 37.8 Å². The first kappa shape index (κ1) is 10.8. The Morgan fingerprint density at radius 2 is 2.23 bits per heavy atom. The Morgan fingerprint density at radius 3 is 2.85 bits per heavy atom. The van der Waals surface area contributed by atoms with Crippen LogP contribution >= 0.6 is 23.1 Å². The Bertz CT molecular complexity index is 237. The third-order valence-electron chi connectivity index (χ3n) is 1.58. The maximum absolute atomic E-state index is 3.99. The van der Waals surface area contributed by atoms with E-state index < -0.39 is 0 Å². The zero-order valence-corrected chi connectivity index (χ0v) is 9.67. The summed E-state index contributed by atoms with van der Waals surface area (Å²) in [6.07, 6.45) is 4.62. The van der Waals surface area contributed by atoms with Gasteiger partial charge < -0.3 is 5.32 Å². The third kappa shape index (κ3) is 4.47. The minimum absolute atomic E-state index is 0.946. The Kier molecular flexibility index (Phi) is 5.15. The second-order valence-corrected chi connectivity index (χ2v) is 4.92. The molecule has 0 aliphatic rings. The summed E-state index contributed by atoms with van der Waals surface area (Å²) in [6.45, 7) is 2.98. The lowest BCUT2D eigenvalue weighted by atomic mass is 10.3. The predicted octanol–water partition coefficient (Wildman–Crippen LogP) is 2.40. The molecule has 1 aromatic rings. The summed E-state index contributed by atoms with van der Waals surface area (Å²) in [5.74, 6) is 1.25. The van der Waals surface area contributed by atoms with Crippen molar-refractivity contribution in [3.05, 3.63) is 5.01 Å². The number of hydrogen-bond acceptors (Lipinski definition) is 5. The molecule has 0 unspecified atom stereocenters. The van der Waals surface area contributed by atoms with E-state index in [2.05, 4.69) is 21.8 Å². The lowest BCUT2D eigenvalue weighted by Crippen LogP contribution is -2.01. The van der Waals surface area contributed by atoms with Gasteiger partial charge in [-0.2, -0.15) is 11.8 Å². The van der Waals surface area contributed by atoms with Gasteiger partial charge in [-0.3, -0.25) is 0 Å². The van der Waals surface area contributed by atoms with Gasteiger partial charge in [0.15, 0.2) is 0 Å². The van der Waals surface area contributed by atoms with Crippen molar-refractivity contribution >= 4 is 28.2 Å². The van der Waals surface area contributed by atoms with E-state index in [0.29, 0.717) is 0 Å². The van der Waals surface area contributed by atoms with Gasteiger partial charge in [0.2, 0.25) is 5.13 Å². The van der Waals surface area contributed by atoms with Crippen molar-refractivity contribution in [2.24, 2.45) is 0 Å². The van der Waals surface area contributed by atoms with Gasteiger partial charge in [-0.15, -0.1) is 10.2 Å². The largest absolute Gasteiger partial charge is 0.360 e. The molecular formula is C8H15N3S2. The number of anilines is 1. The van der Waals surface area contributed by atoms with E-state index in [1.165, 1.54) is 18.6 Å². The van der Waals surface area contributed by atoms with Gasteiger partial charge in [0.05, 0.1) is 0 Å². The van der Waals surface area contributed by atoms with Crippen LogP contribution < -0.4 is 5.32 Å². The fourth-order valence-corrected chi connectivity index (χ4v) is 2.04. The molecule has 74 valence electrons. The van der Waals surface area contributed by atoms with Crippen molar-refractivity contribution in [3.63, 3.8) is 0 Å². The number of unbranched alkanes of at least 4 members (excludes halogenated alkanes) is 1. The molecular weight excluding hydrogens is 202 g/mol. The normalized spacial score (nSPS) is 10.3. The molecule has 5 heteroatoms. The summed E-state index contributed by atoms with van der Waals surface area (Å²) in [4.78, 5) is 0. The Morgan fingerprint density at radius 1 is 1.38 bits per heavy atom. The van der Waals surface area contributed by atoms with Crippen LogP contribution in [0.1, 0.15) is 17.8 Å². The molecule has 0 aliphatic heterocycles. The number of nitrogens with one attached hydrogen (secondary N) is 1. The van der Waals surface area contributed by atoms with Crippen molar-refractivity contribution in [3.8, 4) is 0 Å². The van der Waals surface area contributed by atoms with Crippen LogP contribution in [0.15, 0.2) is 0 Å². The van der Waals surface area contributed by atoms with Crippen LogP contribution in [0.4, 0.5) is 5.13 Å². The van der Waals surface area contributed by atoms with Crippen LogP contribution in [0.5, 0.6) is 0 Å². The van der Waals surface area contributed by atoms with E-state index in [-0.39, 0.29) is 0 Å². The van der Waals surface area contributed by atoms with Crippen molar-refractivity contribution < 1.29 is 0 Å². The predicted molar refractivity (Wildman–Crippen MR) is 60.8 cm³/mol. The molecule has 0 atom stereocenters. The van der Waals surface area contributed by atoms with E-state index in [1.54, 1.807) is 11.3 Å². The molecule has 1 heterocycles. The first-order chi connectivity index (χ1) is 6.33. The van der Waals surface area contributed by atoms with Gasteiger partial charge in [-0.1, -0.05) is 11.3 Å². The highest BCUT2D eigenvalue weighted by Crippen LogP contribution is 2.13. The fourth-order valence-electron chi connectivity index (χ4n) is 0.935. The second-order valence-electron chi connectivity index (χ2n) is 2.75.